The van der Waals surface area contributed by atoms with Gasteiger partial charge in [0, 0.05) is 43.7 Å². The molecule has 9 heteroatoms. The predicted molar refractivity (Wildman–Crippen MR) is 151 cm³/mol. The molecule has 4 N–H and O–H groups in total. The van der Waals surface area contributed by atoms with Crippen molar-refractivity contribution in [2.24, 2.45) is 0 Å². The van der Waals surface area contributed by atoms with E-state index in [9.17, 15) is 14.4 Å². The van der Waals surface area contributed by atoms with Crippen molar-refractivity contribution in [3.63, 3.8) is 0 Å². The van der Waals surface area contributed by atoms with Crippen LogP contribution in [0.25, 0.3) is 22.3 Å². The Labute approximate surface area is 223 Å². The summed E-state index contributed by atoms with van der Waals surface area (Å²) in [4.78, 5) is 44.6. The summed E-state index contributed by atoms with van der Waals surface area (Å²) in [6.45, 7) is 7.48. The first kappa shape index (κ1) is 27.3. The number of aryl methyl sites for hydroxylation is 2. The van der Waals surface area contributed by atoms with Crippen molar-refractivity contribution in [3.05, 3.63) is 57.7 Å². The number of hydrogen-bond donors (Lipinski definition) is 3. The molecule has 1 fully saturated rings. The molecular formula is C29H38N6O3. The number of hydrogen-bond acceptors (Lipinski definition) is 6. The van der Waals surface area contributed by atoms with Gasteiger partial charge in [0.05, 0.1) is 17.5 Å². The highest BCUT2D eigenvalue weighted by Gasteiger charge is 2.23. The Kier molecular flexibility index (Phi) is 8.78. The van der Waals surface area contributed by atoms with Crippen molar-refractivity contribution in [1.29, 1.82) is 0 Å². The van der Waals surface area contributed by atoms with E-state index in [1.54, 1.807) is 10.6 Å². The third kappa shape index (κ3) is 5.88. The van der Waals surface area contributed by atoms with E-state index in [0.29, 0.717) is 36.5 Å². The molecule has 1 aliphatic heterocycles. The lowest BCUT2D eigenvalue weighted by Crippen LogP contribution is -2.40. The van der Waals surface area contributed by atoms with Gasteiger partial charge in [0.2, 0.25) is 11.8 Å². The summed E-state index contributed by atoms with van der Waals surface area (Å²) in [5.41, 5.74) is 9.53. The maximum Gasteiger partial charge on any atom is 0.224 e. The molecule has 0 aliphatic carbocycles. The molecular weight excluding hydrogens is 480 g/mol. The standard InChI is InChI=1S/C29H38N6O3/c1-4-34-16-6-7-21(34)18-32-25(36)15-10-19-8-11-20(12-9-19)24-14-13-22-27(38)23(17-26(37)31-3)28(30)35(5-2)29(22)33-24/h8-9,11-14,21H,4-7,10,15-18,30H2,1-3H3,(H,31,37)(H,32,36). The minimum atomic E-state index is -0.270. The summed E-state index contributed by atoms with van der Waals surface area (Å²) in [6, 6.07) is 12.0. The Morgan fingerprint density at radius 2 is 1.84 bits per heavy atom. The molecule has 1 saturated heterocycles. The van der Waals surface area contributed by atoms with E-state index < -0.39 is 0 Å². The zero-order chi connectivity index (χ0) is 27.2. The smallest absolute Gasteiger partial charge is 0.224 e. The van der Waals surface area contributed by atoms with Gasteiger partial charge in [0.1, 0.15) is 11.5 Å². The Morgan fingerprint density at radius 3 is 2.53 bits per heavy atom. The zero-order valence-corrected chi connectivity index (χ0v) is 22.5. The molecule has 1 atom stereocenters. The number of anilines is 1. The molecule has 3 heterocycles. The number of aromatic nitrogens is 2. The summed E-state index contributed by atoms with van der Waals surface area (Å²) < 4.78 is 1.77. The van der Waals surface area contributed by atoms with E-state index in [4.69, 9.17) is 10.7 Å². The first-order valence-electron chi connectivity index (χ1n) is 13.5. The number of nitrogens with two attached hydrogens (primary N) is 1. The van der Waals surface area contributed by atoms with Crippen LogP contribution >= 0.6 is 0 Å². The van der Waals surface area contributed by atoms with Crippen molar-refractivity contribution in [2.45, 2.75) is 58.5 Å². The van der Waals surface area contributed by atoms with Gasteiger partial charge in [0.25, 0.3) is 0 Å². The lowest BCUT2D eigenvalue weighted by atomic mass is 10.0. The molecule has 0 saturated carbocycles. The molecule has 9 nitrogen and oxygen atoms in total. The number of likely N-dealkylation sites (tertiary alicyclic amines) is 1. The van der Waals surface area contributed by atoms with E-state index >= 15 is 0 Å². The molecule has 4 rings (SSSR count). The number of benzene rings is 1. The maximum absolute atomic E-state index is 13.1. The van der Waals surface area contributed by atoms with Gasteiger partial charge in [0.15, 0.2) is 5.43 Å². The van der Waals surface area contributed by atoms with Crippen LogP contribution in [0.5, 0.6) is 0 Å². The SMILES string of the molecule is CCN1CCCC1CNC(=O)CCc1ccc(-c2ccc3c(=O)c(CC(=O)NC)c(N)n(CC)c3n2)cc1. The predicted octanol–water partition coefficient (Wildman–Crippen LogP) is 2.49. The van der Waals surface area contributed by atoms with Crippen LogP contribution in [0.4, 0.5) is 5.82 Å². The molecule has 38 heavy (non-hydrogen) atoms. The fraction of sp³-hybridized carbons (Fsp3) is 0.448. The average molecular weight is 519 g/mol. The normalized spacial score (nSPS) is 15.6. The Balaban J connectivity index is 1.46. The van der Waals surface area contributed by atoms with Crippen LogP contribution in [0, 0.1) is 0 Å². The van der Waals surface area contributed by atoms with Crippen LogP contribution in [0.1, 0.15) is 44.2 Å². The summed E-state index contributed by atoms with van der Waals surface area (Å²) >= 11 is 0. The lowest BCUT2D eigenvalue weighted by molar-refractivity contribution is -0.121. The topological polar surface area (TPSA) is 122 Å². The number of nitrogen functional groups attached to an aromatic ring is 1. The molecule has 3 aromatic rings. The highest BCUT2D eigenvalue weighted by Crippen LogP contribution is 2.24. The van der Waals surface area contributed by atoms with Gasteiger partial charge >= 0.3 is 0 Å². The number of carbonyl (C=O) groups excluding carboxylic acids is 2. The summed E-state index contributed by atoms with van der Waals surface area (Å²) in [5.74, 6) is 0.0799. The molecule has 1 aromatic carbocycles. The van der Waals surface area contributed by atoms with Crippen LogP contribution in [0.3, 0.4) is 0 Å². The van der Waals surface area contributed by atoms with Crippen molar-refractivity contribution in [1.82, 2.24) is 25.1 Å². The van der Waals surface area contributed by atoms with E-state index in [-0.39, 0.29) is 35.0 Å². The molecule has 0 radical (unpaired) electrons. The monoisotopic (exact) mass is 518 g/mol. The summed E-state index contributed by atoms with van der Waals surface area (Å²) in [6.07, 6.45) is 3.40. The third-order valence-corrected chi connectivity index (χ3v) is 7.51. The van der Waals surface area contributed by atoms with Gasteiger partial charge in [-0.1, -0.05) is 31.2 Å². The van der Waals surface area contributed by atoms with Gasteiger partial charge in [-0.3, -0.25) is 19.3 Å². The number of nitrogens with one attached hydrogen (secondary N) is 2. The second-order valence-corrected chi connectivity index (χ2v) is 9.78. The maximum atomic E-state index is 13.1. The first-order valence-corrected chi connectivity index (χ1v) is 13.5. The number of carbonyl (C=O) groups is 2. The molecule has 2 amide bonds. The highest BCUT2D eigenvalue weighted by molar-refractivity contribution is 5.85. The van der Waals surface area contributed by atoms with Gasteiger partial charge in [-0.2, -0.15) is 0 Å². The number of likely N-dealkylation sites (N-methyl/N-ethyl adjacent to an activating group) is 2. The number of pyridine rings is 2. The fourth-order valence-corrected chi connectivity index (χ4v) is 5.25. The minimum Gasteiger partial charge on any atom is -0.385 e. The van der Waals surface area contributed by atoms with Crippen LogP contribution < -0.4 is 21.8 Å². The Bertz CT molecular complexity index is 1370. The van der Waals surface area contributed by atoms with Crippen molar-refractivity contribution in [3.8, 4) is 11.3 Å². The minimum absolute atomic E-state index is 0.0733. The van der Waals surface area contributed by atoms with Crippen LogP contribution in [-0.2, 0) is 29.0 Å². The Morgan fingerprint density at radius 1 is 1.08 bits per heavy atom. The van der Waals surface area contributed by atoms with E-state index in [1.165, 1.54) is 13.5 Å². The van der Waals surface area contributed by atoms with Gasteiger partial charge in [-0.25, -0.2) is 4.98 Å². The molecule has 0 bridgehead atoms. The second kappa shape index (κ2) is 12.2. The molecule has 0 spiro atoms. The lowest BCUT2D eigenvalue weighted by Gasteiger charge is -2.22. The number of nitrogens with zero attached hydrogens (tertiary/aromatic N) is 3. The third-order valence-electron chi connectivity index (χ3n) is 7.51. The first-order chi connectivity index (χ1) is 18.4. The molecule has 202 valence electrons. The summed E-state index contributed by atoms with van der Waals surface area (Å²) in [5, 5.41) is 6.08. The second-order valence-electron chi connectivity index (χ2n) is 9.78. The van der Waals surface area contributed by atoms with Crippen LogP contribution in [0.2, 0.25) is 0 Å². The Hall–Kier alpha value is -3.72. The number of amides is 2. The molecule has 2 aromatic heterocycles. The fourth-order valence-electron chi connectivity index (χ4n) is 5.25. The number of fused-ring (bicyclic) bond motifs is 1. The van der Waals surface area contributed by atoms with Crippen molar-refractivity contribution < 1.29 is 9.59 Å². The summed E-state index contributed by atoms with van der Waals surface area (Å²) in [7, 11) is 1.53. The van der Waals surface area contributed by atoms with Gasteiger partial charge in [-0.15, -0.1) is 0 Å². The average Bonchev–Trinajstić information content (AvgIpc) is 3.41. The van der Waals surface area contributed by atoms with E-state index in [2.05, 4.69) is 22.5 Å². The van der Waals surface area contributed by atoms with Crippen LogP contribution in [-0.4, -0.2) is 59.0 Å². The van der Waals surface area contributed by atoms with Crippen LogP contribution in [0.15, 0.2) is 41.2 Å². The number of rotatable bonds is 10. The van der Waals surface area contributed by atoms with Crippen molar-refractivity contribution >= 4 is 28.7 Å². The van der Waals surface area contributed by atoms with Crippen molar-refractivity contribution in [2.75, 3.05) is 32.4 Å². The van der Waals surface area contributed by atoms with Gasteiger partial charge in [-0.05, 0) is 57.0 Å². The van der Waals surface area contributed by atoms with E-state index in [1.807, 2.05) is 37.3 Å². The molecule has 1 unspecified atom stereocenters. The zero-order valence-electron chi connectivity index (χ0n) is 22.5. The quantitative estimate of drug-likeness (QED) is 0.379. The van der Waals surface area contributed by atoms with Gasteiger partial charge < -0.3 is 20.9 Å². The van der Waals surface area contributed by atoms with E-state index in [0.717, 1.165) is 42.9 Å². The largest absolute Gasteiger partial charge is 0.385 e. The highest BCUT2D eigenvalue weighted by atomic mass is 16.2. The molecule has 1 aliphatic rings.